The van der Waals surface area contributed by atoms with Crippen molar-refractivity contribution in [3.05, 3.63) is 269 Å². The molecule has 87 heavy (non-hydrogen) atoms. The summed E-state index contributed by atoms with van der Waals surface area (Å²) in [7, 11) is 0. The molecule has 9 N–H and O–H groups in total. The van der Waals surface area contributed by atoms with Gasteiger partial charge in [-0.25, -0.2) is 22.0 Å². The summed E-state index contributed by atoms with van der Waals surface area (Å²) in [5.41, 5.74) is 8.94. The Kier molecular flexibility index (Phi) is 17.8. The van der Waals surface area contributed by atoms with Crippen molar-refractivity contribution >= 4 is 50.7 Å². The summed E-state index contributed by atoms with van der Waals surface area (Å²) in [6.45, 7) is 0. The smallest absolute Gasteiger partial charge is 0.258 e. The highest BCUT2D eigenvalue weighted by atomic mass is 79.9. The van der Waals surface area contributed by atoms with E-state index in [1.54, 1.807) is 97.1 Å². The molecule has 21 heteroatoms. The van der Waals surface area contributed by atoms with Crippen LogP contribution in [0.25, 0.3) is 67.5 Å². The van der Waals surface area contributed by atoms with Crippen LogP contribution in [0.3, 0.4) is 0 Å². The van der Waals surface area contributed by atoms with Crippen LogP contribution in [0.15, 0.2) is 223 Å². The molecule has 9 aromatic carbocycles. The van der Waals surface area contributed by atoms with Crippen molar-refractivity contribution in [3.63, 3.8) is 0 Å². The number of hydrogen-bond acceptors (Lipinski definition) is 9. The van der Waals surface area contributed by atoms with Gasteiger partial charge in [0.05, 0.1) is 39.7 Å². The van der Waals surface area contributed by atoms with Crippen LogP contribution in [-0.4, -0.2) is 63.6 Å². The summed E-state index contributed by atoms with van der Waals surface area (Å²) in [6, 6.07) is 55.4. The number of halogens is 6. The molecule has 12 rings (SSSR count). The molecule has 0 aliphatic carbocycles. The van der Waals surface area contributed by atoms with Crippen molar-refractivity contribution < 1.29 is 51.7 Å². The maximum Gasteiger partial charge on any atom is 0.258 e. The number of benzene rings is 9. The van der Waals surface area contributed by atoms with E-state index in [0.717, 1.165) is 27.2 Å². The van der Waals surface area contributed by atoms with Crippen LogP contribution in [0.4, 0.5) is 39.0 Å². The van der Waals surface area contributed by atoms with Gasteiger partial charge in [0.15, 0.2) is 0 Å². The molecule has 0 aliphatic rings. The molecule has 12 aromatic rings. The Bertz CT molecular complexity index is 4440. The molecule has 0 bridgehead atoms. The minimum absolute atomic E-state index is 0.0346. The van der Waals surface area contributed by atoms with E-state index >= 15 is 0 Å². The van der Waals surface area contributed by atoms with E-state index in [1.165, 1.54) is 91.0 Å². The Balaban J connectivity index is 0.000000144. The molecule has 0 saturated carbocycles. The van der Waals surface area contributed by atoms with Crippen molar-refractivity contribution in [1.82, 2.24) is 30.6 Å². The van der Waals surface area contributed by atoms with Gasteiger partial charge in [0, 0.05) is 66.0 Å². The quantitative estimate of drug-likeness (QED) is 0.0529. The number of nitrogens with zero attached hydrogens (tertiary/aromatic N) is 3. The first kappa shape index (κ1) is 58.7. The Morgan fingerprint density at radius 2 is 0.736 bits per heavy atom. The first-order chi connectivity index (χ1) is 42.0. The van der Waals surface area contributed by atoms with Gasteiger partial charge in [0.1, 0.15) is 46.3 Å². The van der Waals surface area contributed by atoms with Gasteiger partial charge in [0.2, 0.25) is 0 Å². The van der Waals surface area contributed by atoms with Crippen molar-refractivity contribution in [3.8, 4) is 84.8 Å². The highest BCUT2D eigenvalue weighted by Gasteiger charge is 2.17. The Hall–Kier alpha value is -11.5. The van der Waals surface area contributed by atoms with E-state index < -0.39 is 40.9 Å². The summed E-state index contributed by atoms with van der Waals surface area (Å²) in [6.07, 6.45) is 0. The predicted molar refractivity (Wildman–Crippen MR) is 324 cm³/mol. The zero-order valence-corrected chi connectivity index (χ0v) is 46.5. The standard InChI is InChI=1S/C22H15BrFN3O2.2C22H15F2N3O2/c23-15-5-1-14(2-6-15)22(29)25-17-8-3-13(4-9-17)19-12-20(27-26-19)18-11-16(24)7-10-21(18)28;23-15-3-1-2-14(10-15)22(29)25-17-7-4-13(5-8-17)19-12-20(27-26-19)18-11-16(24)6-9-21(18)28;23-14-7-10-21(28)17(11-14)20-12-19(26-27-20)13-5-8-15(9-6-13)25-22(29)16-3-1-2-4-18(16)24/h3*1-12,28H,(H,25,29)(H,26,27). The lowest BCUT2D eigenvalue weighted by atomic mass is 10.1. The molecule has 3 aromatic heterocycles. The van der Waals surface area contributed by atoms with Gasteiger partial charge >= 0.3 is 0 Å². The monoisotopic (exact) mass is 1230 g/mol. The minimum Gasteiger partial charge on any atom is -0.507 e. The largest absolute Gasteiger partial charge is 0.507 e. The van der Waals surface area contributed by atoms with Crippen molar-refractivity contribution in [1.29, 1.82) is 0 Å². The van der Waals surface area contributed by atoms with E-state index in [0.29, 0.717) is 73.5 Å². The molecule has 0 spiro atoms. The number of phenols is 3. The lowest BCUT2D eigenvalue weighted by molar-refractivity contribution is 0.101. The van der Waals surface area contributed by atoms with Crippen LogP contribution < -0.4 is 16.0 Å². The third kappa shape index (κ3) is 14.7. The molecule has 432 valence electrons. The molecule has 0 atom stereocenters. The summed E-state index contributed by atoms with van der Waals surface area (Å²) in [5, 5.41) is 58.9. The van der Waals surface area contributed by atoms with E-state index in [-0.39, 0.29) is 34.3 Å². The predicted octanol–water partition coefficient (Wildman–Crippen LogP) is 15.6. The van der Waals surface area contributed by atoms with E-state index in [1.807, 2.05) is 24.3 Å². The normalized spacial score (nSPS) is 10.7. The number of phenolic OH excluding ortho intramolecular Hbond substituents is 3. The topological polar surface area (TPSA) is 234 Å². The van der Waals surface area contributed by atoms with Gasteiger partial charge in [0.25, 0.3) is 17.7 Å². The number of nitrogens with one attached hydrogen (secondary N) is 6. The van der Waals surface area contributed by atoms with E-state index in [9.17, 15) is 51.7 Å². The Morgan fingerprint density at radius 1 is 0.368 bits per heavy atom. The van der Waals surface area contributed by atoms with Crippen molar-refractivity contribution in [2.45, 2.75) is 0 Å². The first-order valence-electron chi connectivity index (χ1n) is 26.1. The van der Waals surface area contributed by atoms with E-state index in [4.69, 9.17) is 0 Å². The summed E-state index contributed by atoms with van der Waals surface area (Å²) in [5.74, 6) is -3.76. The molecular formula is C66H45BrF5N9O6. The molecule has 0 aliphatic heterocycles. The zero-order valence-electron chi connectivity index (χ0n) is 45.0. The van der Waals surface area contributed by atoms with Crippen LogP contribution in [0.1, 0.15) is 31.1 Å². The maximum atomic E-state index is 13.7. The molecule has 0 saturated heterocycles. The van der Waals surface area contributed by atoms with E-state index in [2.05, 4.69) is 62.5 Å². The number of rotatable bonds is 12. The van der Waals surface area contributed by atoms with Crippen LogP contribution in [0, 0.1) is 29.1 Å². The van der Waals surface area contributed by atoms with Crippen molar-refractivity contribution in [2.24, 2.45) is 0 Å². The molecular weight excluding hydrogens is 1190 g/mol. The fraction of sp³-hybridized carbons (Fsp3) is 0. The molecule has 15 nitrogen and oxygen atoms in total. The average molecular weight is 1240 g/mol. The van der Waals surface area contributed by atoms with Gasteiger partial charge in [-0.05, 0) is 164 Å². The molecule has 0 unspecified atom stereocenters. The first-order valence-corrected chi connectivity index (χ1v) is 26.9. The van der Waals surface area contributed by atoms with Gasteiger partial charge in [-0.2, -0.15) is 15.3 Å². The van der Waals surface area contributed by atoms with Crippen LogP contribution in [0.5, 0.6) is 17.2 Å². The van der Waals surface area contributed by atoms with Gasteiger partial charge in [-0.15, -0.1) is 0 Å². The van der Waals surface area contributed by atoms with Crippen LogP contribution in [-0.2, 0) is 0 Å². The number of aromatic amines is 3. The van der Waals surface area contributed by atoms with Gasteiger partial charge < -0.3 is 31.3 Å². The van der Waals surface area contributed by atoms with Crippen LogP contribution in [0.2, 0.25) is 0 Å². The minimum atomic E-state index is -0.591. The summed E-state index contributed by atoms with van der Waals surface area (Å²) in [4.78, 5) is 36.7. The number of H-pyrrole nitrogens is 3. The SMILES string of the molecule is O=C(Nc1ccc(-c2cc(-c3cc(F)ccc3O)[nH]n2)cc1)c1ccc(Br)cc1.O=C(Nc1ccc(-c2cc(-c3cc(F)ccc3O)[nH]n2)cc1)c1cccc(F)c1.O=C(Nc1ccc(-c2cc(-c3cc(F)ccc3O)[nH]n2)cc1)c1ccccc1F. The molecule has 0 fully saturated rings. The molecule has 3 heterocycles. The van der Waals surface area contributed by atoms with Gasteiger partial charge in [-0.1, -0.05) is 70.5 Å². The zero-order chi connectivity index (χ0) is 61.1. The lowest BCUT2D eigenvalue weighted by Gasteiger charge is -2.06. The fourth-order valence-corrected chi connectivity index (χ4v) is 8.91. The van der Waals surface area contributed by atoms with Crippen molar-refractivity contribution in [2.75, 3.05) is 16.0 Å². The number of carbonyl (C=O) groups excluding carboxylic acids is 3. The second-order valence-electron chi connectivity index (χ2n) is 19.1. The lowest BCUT2D eigenvalue weighted by Crippen LogP contribution is -2.13. The average Bonchev–Trinajstić information content (AvgIpc) is 3.59. The maximum absolute atomic E-state index is 13.7. The number of aromatic hydroxyl groups is 3. The number of carbonyl (C=O) groups is 3. The third-order valence-electron chi connectivity index (χ3n) is 13.1. The molecule has 0 radical (unpaired) electrons. The summed E-state index contributed by atoms with van der Waals surface area (Å²) >= 11 is 3.34. The molecule has 3 amide bonds. The second-order valence-corrected chi connectivity index (χ2v) is 20.0. The highest BCUT2D eigenvalue weighted by Crippen LogP contribution is 2.35. The number of aromatic nitrogens is 6. The highest BCUT2D eigenvalue weighted by molar-refractivity contribution is 9.10. The second kappa shape index (κ2) is 26.4. The third-order valence-corrected chi connectivity index (χ3v) is 13.6. The van der Waals surface area contributed by atoms with Gasteiger partial charge in [-0.3, -0.25) is 29.7 Å². The fourth-order valence-electron chi connectivity index (χ4n) is 8.65. The van der Waals surface area contributed by atoms with Crippen LogP contribution >= 0.6 is 15.9 Å². The Labute approximate surface area is 500 Å². The Morgan fingerprint density at radius 3 is 1.13 bits per heavy atom. The number of amides is 3. The summed E-state index contributed by atoms with van der Waals surface area (Å²) < 4.78 is 68.3. The number of anilines is 3. The number of hydrogen-bond donors (Lipinski definition) is 9.